The van der Waals surface area contributed by atoms with E-state index in [1.807, 2.05) is 43.7 Å². The summed E-state index contributed by atoms with van der Waals surface area (Å²) >= 11 is 12.8. The van der Waals surface area contributed by atoms with Crippen molar-refractivity contribution in [2.75, 3.05) is 31.3 Å². The Hall–Kier alpha value is -2.36. The lowest BCUT2D eigenvalue weighted by atomic mass is 10.00. The van der Waals surface area contributed by atoms with Crippen LogP contribution in [0.5, 0.6) is 0 Å². The average Bonchev–Trinajstić information content (AvgIpc) is 3.21. The Balaban J connectivity index is 1.76. The molecule has 10 heteroatoms. The molecule has 0 saturated heterocycles. The Morgan fingerprint density at radius 1 is 0.933 bits per heavy atom. The number of ether oxygens (including phenoxy) is 3. The molecule has 0 amide bonds. The maximum atomic E-state index is 11.9. The van der Waals surface area contributed by atoms with E-state index in [2.05, 4.69) is 63.5 Å². The van der Waals surface area contributed by atoms with Crippen LogP contribution in [0.3, 0.4) is 0 Å². The number of carbonyl (C=O) groups excluding carboxylic acids is 1. The molecular formula is C35H51Cl2N3O4Si. The molecule has 45 heavy (non-hydrogen) atoms. The number of nitrogens with zero attached hydrogens (tertiary/aromatic N) is 3. The van der Waals surface area contributed by atoms with Crippen LogP contribution in [0.1, 0.15) is 57.0 Å². The van der Waals surface area contributed by atoms with Crippen LogP contribution in [-0.2, 0) is 25.7 Å². The predicted molar refractivity (Wildman–Crippen MR) is 190 cm³/mol. The molecule has 1 heterocycles. The first kappa shape index (κ1) is 37.1. The third-order valence-electron chi connectivity index (χ3n) is 7.41. The molecule has 248 valence electrons. The van der Waals surface area contributed by atoms with Crippen molar-refractivity contribution in [1.29, 1.82) is 0 Å². The van der Waals surface area contributed by atoms with Gasteiger partial charge in [-0.2, -0.15) is 5.10 Å². The lowest BCUT2D eigenvalue weighted by Gasteiger charge is -2.28. The van der Waals surface area contributed by atoms with E-state index < -0.39 is 13.7 Å². The molecule has 0 aliphatic rings. The fourth-order valence-corrected chi connectivity index (χ4v) is 6.09. The summed E-state index contributed by atoms with van der Waals surface area (Å²) in [6, 6.07) is 13.5. The first-order valence-electron chi connectivity index (χ1n) is 15.8. The van der Waals surface area contributed by atoms with E-state index in [0.717, 1.165) is 77.9 Å². The van der Waals surface area contributed by atoms with Gasteiger partial charge < -0.3 is 19.1 Å². The summed E-state index contributed by atoms with van der Waals surface area (Å²) in [5.74, 6) is -0.339. The van der Waals surface area contributed by atoms with Gasteiger partial charge in [-0.05, 0) is 102 Å². The molecule has 0 atom stereocenters. The summed E-state index contributed by atoms with van der Waals surface area (Å²) < 4.78 is 18.9. The zero-order valence-corrected chi connectivity index (χ0v) is 31.1. The topological polar surface area (TPSA) is 65.8 Å². The van der Waals surface area contributed by atoms with Crippen molar-refractivity contribution in [3.05, 3.63) is 63.4 Å². The maximum Gasteiger partial charge on any atom is 0.332 e. The van der Waals surface area contributed by atoms with Crippen LogP contribution in [0.15, 0.2) is 36.4 Å². The van der Waals surface area contributed by atoms with Crippen molar-refractivity contribution >= 4 is 48.6 Å². The Bertz CT molecular complexity index is 1430. The van der Waals surface area contributed by atoms with Gasteiger partial charge in [0.15, 0.2) is 0 Å². The molecule has 0 N–H and O–H groups in total. The van der Waals surface area contributed by atoms with Gasteiger partial charge in [0.1, 0.15) is 18.9 Å². The fraction of sp³-hybridized carbons (Fsp3) is 0.543. The lowest BCUT2D eigenvalue weighted by molar-refractivity contribution is -0.160. The van der Waals surface area contributed by atoms with E-state index in [1.165, 1.54) is 0 Å². The van der Waals surface area contributed by atoms with Crippen LogP contribution in [0.2, 0.25) is 35.7 Å². The number of halogens is 2. The summed E-state index contributed by atoms with van der Waals surface area (Å²) in [5, 5.41) is 5.87. The molecule has 7 nitrogen and oxygen atoms in total. The molecule has 0 saturated carbocycles. The van der Waals surface area contributed by atoms with Crippen LogP contribution < -0.4 is 4.90 Å². The molecular weight excluding hydrogens is 625 g/mol. The summed E-state index contributed by atoms with van der Waals surface area (Å²) in [6.07, 6.45) is 2.70. The van der Waals surface area contributed by atoms with Crippen LogP contribution in [-0.4, -0.2) is 55.8 Å². The first-order valence-corrected chi connectivity index (χ1v) is 20.3. The predicted octanol–water partition coefficient (Wildman–Crippen LogP) is 9.76. The van der Waals surface area contributed by atoms with Gasteiger partial charge in [-0.15, -0.1) is 0 Å². The number of esters is 1. The highest BCUT2D eigenvalue weighted by molar-refractivity contribution is 6.76. The van der Waals surface area contributed by atoms with Crippen LogP contribution in [0.4, 0.5) is 11.4 Å². The molecule has 0 fully saturated rings. The molecule has 0 aliphatic carbocycles. The van der Waals surface area contributed by atoms with E-state index >= 15 is 0 Å². The Morgan fingerprint density at radius 2 is 1.67 bits per heavy atom. The number of rotatable bonds is 16. The Labute approximate surface area is 281 Å². The number of carbonyl (C=O) groups is 1. The van der Waals surface area contributed by atoms with Crippen LogP contribution in [0, 0.1) is 20.8 Å². The minimum absolute atomic E-state index is 0.0291. The second kappa shape index (κ2) is 16.5. The van der Waals surface area contributed by atoms with E-state index in [9.17, 15) is 4.79 Å². The number of hydrogen-bond donors (Lipinski definition) is 0. The molecule has 2 aromatic carbocycles. The highest BCUT2D eigenvalue weighted by Gasteiger charge is 2.19. The number of aryl methyl sites for hydroxylation is 2. The molecule has 1 aromatic heterocycles. The molecule has 0 bridgehead atoms. The van der Waals surface area contributed by atoms with E-state index in [0.29, 0.717) is 23.4 Å². The zero-order valence-electron chi connectivity index (χ0n) is 28.6. The molecule has 0 spiro atoms. The Kier molecular flexibility index (Phi) is 13.6. The number of benzene rings is 2. The van der Waals surface area contributed by atoms with Gasteiger partial charge in [-0.25, -0.2) is 9.48 Å². The standard InChI is InChI=1S/C35H51Cl2N3O4Si/c1-25-13-14-28(34-26(2)38-40(27(34)3)24-43-19-20-45(7,8)9)21-32(25)39(29-15-16-30(36)31(37)22-29)17-11-10-12-18-42-23-33(41)44-35(4,5)6/h13-16,21-22H,10-12,17-20,23-24H2,1-9H3. The van der Waals surface area contributed by atoms with Crippen molar-refractivity contribution < 1.29 is 19.0 Å². The second-order valence-corrected chi connectivity index (χ2v) is 20.3. The Morgan fingerprint density at radius 3 is 2.33 bits per heavy atom. The van der Waals surface area contributed by atoms with E-state index in [-0.39, 0.29) is 12.6 Å². The molecule has 0 radical (unpaired) electrons. The van der Waals surface area contributed by atoms with Gasteiger partial charge in [0.05, 0.1) is 15.7 Å². The molecule has 3 rings (SSSR count). The average molecular weight is 677 g/mol. The van der Waals surface area contributed by atoms with Crippen molar-refractivity contribution in [2.45, 2.75) is 98.8 Å². The highest BCUT2D eigenvalue weighted by Crippen LogP contribution is 2.37. The third kappa shape index (κ3) is 11.7. The summed E-state index contributed by atoms with van der Waals surface area (Å²) in [7, 11) is -1.15. The smallest absolute Gasteiger partial charge is 0.332 e. The fourth-order valence-electron chi connectivity index (χ4n) is 5.04. The second-order valence-electron chi connectivity index (χ2n) is 13.8. The van der Waals surface area contributed by atoms with Crippen molar-refractivity contribution in [1.82, 2.24) is 9.78 Å². The van der Waals surface area contributed by atoms with Crippen LogP contribution in [0.25, 0.3) is 11.1 Å². The third-order valence-corrected chi connectivity index (χ3v) is 9.85. The van der Waals surface area contributed by atoms with Gasteiger partial charge in [0, 0.05) is 50.5 Å². The zero-order chi connectivity index (χ0) is 33.4. The minimum Gasteiger partial charge on any atom is -0.458 e. The number of anilines is 2. The molecule has 3 aromatic rings. The quantitative estimate of drug-likeness (QED) is 0.0855. The number of hydrogen-bond acceptors (Lipinski definition) is 6. The van der Waals surface area contributed by atoms with Gasteiger partial charge in [0.25, 0.3) is 0 Å². The minimum atomic E-state index is -1.15. The van der Waals surface area contributed by atoms with Gasteiger partial charge in [0.2, 0.25) is 0 Å². The number of unbranched alkanes of at least 4 members (excludes halogenated alkanes) is 2. The van der Waals surface area contributed by atoms with Gasteiger partial charge in [-0.1, -0.05) is 55.0 Å². The normalized spacial score (nSPS) is 12.1. The summed E-state index contributed by atoms with van der Waals surface area (Å²) in [5.41, 5.74) is 7.02. The largest absolute Gasteiger partial charge is 0.458 e. The SMILES string of the molecule is Cc1ccc(-c2c(C)nn(COCC[Si](C)(C)C)c2C)cc1N(CCCCCOCC(=O)OC(C)(C)C)c1ccc(Cl)c(Cl)c1. The monoisotopic (exact) mass is 675 g/mol. The molecule has 0 aliphatic heterocycles. The first-order chi connectivity index (χ1) is 21.1. The summed E-state index contributed by atoms with van der Waals surface area (Å²) in [4.78, 5) is 14.2. The maximum absolute atomic E-state index is 11.9. The van der Waals surface area contributed by atoms with E-state index in [1.54, 1.807) is 0 Å². The highest BCUT2D eigenvalue weighted by atomic mass is 35.5. The molecule has 0 unspecified atom stereocenters. The van der Waals surface area contributed by atoms with E-state index in [4.69, 9.17) is 42.5 Å². The summed E-state index contributed by atoms with van der Waals surface area (Å²) in [6.45, 7) is 21.4. The van der Waals surface area contributed by atoms with Crippen molar-refractivity contribution in [2.24, 2.45) is 0 Å². The van der Waals surface area contributed by atoms with Crippen molar-refractivity contribution in [3.8, 4) is 11.1 Å². The van der Waals surface area contributed by atoms with Crippen molar-refractivity contribution in [3.63, 3.8) is 0 Å². The van der Waals surface area contributed by atoms with Gasteiger partial charge in [-0.3, -0.25) is 0 Å². The van der Waals surface area contributed by atoms with Crippen LogP contribution >= 0.6 is 23.2 Å². The lowest BCUT2D eigenvalue weighted by Crippen LogP contribution is -2.26. The van der Waals surface area contributed by atoms with Gasteiger partial charge >= 0.3 is 5.97 Å². The number of aromatic nitrogens is 2.